The molecule has 0 fully saturated rings. The van der Waals surface area contributed by atoms with Gasteiger partial charge in [0, 0.05) is 24.0 Å². The molecule has 0 aliphatic heterocycles. The third kappa shape index (κ3) is 7.14. The van der Waals surface area contributed by atoms with Crippen molar-refractivity contribution in [3.05, 3.63) is 83.3 Å². The predicted molar refractivity (Wildman–Crippen MR) is 138 cm³/mol. The Morgan fingerprint density at radius 2 is 1.80 bits per heavy atom. The smallest absolute Gasteiger partial charge is 0.481 e. The summed E-state index contributed by atoms with van der Waals surface area (Å²) in [6, 6.07) is 16.4. The maximum atomic E-state index is 13.7. The molecule has 0 spiro atoms. The second-order valence-corrected chi connectivity index (χ2v) is 9.91. The molecule has 5 nitrogen and oxygen atoms in total. The minimum absolute atomic E-state index is 0.0300. The van der Waals surface area contributed by atoms with Crippen LogP contribution in [0.5, 0.6) is 0 Å². The molecule has 0 saturated heterocycles. The van der Waals surface area contributed by atoms with E-state index in [4.69, 9.17) is 14.6 Å². The zero-order chi connectivity index (χ0) is 25.4. The van der Waals surface area contributed by atoms with Gasteiger partial charge in [0.2, 0.25) is 0 Å². The molecule has 0 bridgehead atoms. The van der Waals surface area contributed by atoms with E-state index in [9.17, 15) is 13.8 Å². The number of hydrogen-bond acceptors (Lipinski definition) is 4. The number of pyridine rings is 1. The first-order chi connectivity index (χ1) is 16.8. The van der Waals surface area contributed by atoms with E-state index >= 15 is 0 Å². The molecule has 0 radical (unpaired) electrons. The number of nitrogens with zero attached hydrogens (tertiary/aromatic N) is 1. The van der Waals surface area contributed by atoms with Crippen LogP contribution >= 0.6 is 8.03 Å². The molecule has 1 aromatic heterocycles. The van der Waals surface area contributed by atoms with Gasteiger partial charge >= 0.3 is 14.0 Å². The van der Waals surface area contributed by atoms with Gasteiger partial charge in [0.15, 0.2) is 6.16 Å². The molecular weight excluding hydrogens is 464 g/mol. The maximum absolute atomic E-state index is 13.7. The number of halogens is 1. The third-order valence-electron chi connectivity index (χ3n) is 5.57. The lowest BCUT2D eigenvalue weighted by atomic mass is 9.88. The minimum Gasteiger partial charge on any atom is -0.481 e. The average molecular weight is 495 g/mol. The second-order valence-electron chi connectivity index (χ2n) is 8.54. The summed E-state index contributed by atoms with van der Waals surface area (Å²) in [7, 11) is -1.93. The number of carbonyl (C=O) groups is 1. The second kappa shape index (κ2) is 12.5. The molecule has 35 heavy (non-hydrogen) atoms. The van der Waals surface area contributed by atoms with Crippen molar-refractivity contribution in [2.24, 2.45) is 0 Å². The summed E-state index contributed by atoms with van der Waals surface area (Å²) >= 11 is 0. The van der Waals surface area contributed by atoms with Crippen LogP contribution in [0, 0.1) is 12.7 Å². The van der Waals surface area contributed by atoms with E-state index in [0.717, 1.165) is 39.2 Å². The van der Waals surface area contributed by atoms with Crippen molar-refractivity contribution < 1.29 is 23.4 Å². The SMILES string of the molecule is Cc1c(-c2ccccc2)nc(C(C)C)c(C=CCO[P+](=O)CCCC(=O)O)c1-c1ccc(F)cc1. The monoisotopic (exact) mass is 494 g/mol. The Kier molecular flexibility index (Phi) is 9.41. The summed E-state index contributed by atoms with van der Waals surface area (Å²) in [5.41, 5.74) is 6.52. The summed E-state index contributed by atoms with van der Waals surface area (Å²) < 4.78 is 31.1. The van der Waals surface area contributed by atoms with Crippen LogP contribution in [-0.2, 0) is 13.9 Å². The Morgan fingerprint density at radius 1 is 1.11 bits per heavy atom. The van der Waals surface area contributed by atoms with E-state index in [2.05, 4.69) is 13.8 Å². The molecule has 3 aromatic rings. The summed E-state index contributed by atoms with van der Waals surface area (Å²) in [6.07, 6.45) is 4.20. The van der Waals surface area contributed by atoms with E-state index in [1.807, 2.05) is 43.3 Å². The highest BCUT2D eigenvalue weighted by molar-refractivity contribution is 7.39. The van der Waals surface area contributed by atoms with Crippen molar-refractivity contribution in [3.8, 4) is 22.4 Å². The van der Waals surface area contributed by atoms with Crippen LogP contribution in [0.3, 0.4) is 0 Å². The van der Waals surface area contributed by atoms with E-state index in [1.165, 1.54) is 12.1 Å². The van der Waals surface area contributed by atoms with Gasteiger partial charge in [-0.2, -0.15) is 0 Å². The Hall–Kier alpha value is -3.21. The molecule has 0 amide bonds. The summed E-state index contributed by atoms with van der Waals surface area (Å²) in [4.78, 5) is 15.7. The topological polar surface area (TPSA) is 76.5 Å². The fourth-order valence-corrected chi connectivity index (χ4v) is 4.70. The molecule has 1 unspecified atom stereocenters. The molecule has 0 saturated carbocycles. The Labute approximate surface area is 206 Å². The largest absolute Gasteiger partial charge is 0.508 e. The number of carboxylic acid groups (broad SMARTS) is 1. The number of aliphatic carboxylic acids is 1. The molecule has 0 aliphatic rings. The van der Waals surface area contributed by atoms with Gasteiger partial charge in [0.05, 0.1) is 11.4 Å². The van der Waals surface area contributed by atoms with E-state index in [-0.39, 0.29) is 30.9 Å². The molecule has 182 valence electrons. The summed E-state index contributed by atoms with van der Waals surface area (Å²) in [5, 5.41) is 8.71. The number of hydrogen-bond donors (Lipinski definition) is 1. The lowest BCUT2D eigenvalue weighted by molar-refractivity contribution is -0.137. The number of aromatic nitrogens is 1. The van der Waals surface area contributed by atoms with Crippen LogP contribution in [-0.4, -0.2) is 28.8 Å². The summed E-state index contributed by atoms with van der Waals surface area (Å²) in [6.45, 7) is 6.30. The molecule has 1 atom stereocenters. The predicted octanol–water partition coefficient (Wildman–Crippen LogP) is 7.62. The Balaban J connectivity index is 2.00. The van der Waals surface area contributed by atoms with Gasteiger partial charge in [-0.05, 0) is 46.2 Å². The van der Waals surface area contributed by atoms with Crippen molar-refractivity contribution in [3.63, 3.8) is 0 Å². The van der Waals surface area contributed by atoms with Crippen LogP contribution in [0.2, 0.25) is 0 Å². The Morgan fingerprint density at radius 3 is 2.43 bits per heavy atom. The highest BCUT2D eigenvalue weighted by Crippen LogP contribution is 2.38. The standard InChI is InChI=1S/C28H29FNO4P/c1-19(2)27-24(11-7-17-34-35(33)18-8-12-25(31)32)26(21-13-15-23(29)16-14-21)20(3)28(30-27)22-9-5-4-6-10-22/h4-7,9-11,13-16,19H,8,12,17-18H2,1-3H3/p+1. The van der Waals surface area contributed by atoms with Crippen LogP contribution in [0.25, 0.3) is 28.5 Å². The van der Waals surface area contributed by atoms with Gasteiger partial charge in [0.1, 0.15) is 12.4 Å². The highest BCUT2D eigenvalue weighted by Gasteiger charge is 2.21. The van der Waals surface area contributed by atoms with Crippen LogP contribution in [0.4, 0.5) is 4.39 Å². The van der Waals surface area contributed by atoms with Crippen LogP contribution < -0.4 is 0 Å². The molecule has 3 rings (SSSR count). The van der Waals surface area contributed by atoms with E-state index in [1.54, 1.807) is 18.2 Å². The zero-order valence-electron chi connectivity index (χ0n) is 20.2. The molecule has 1 heterocycles. The number of benzene rings is 2. The first kappa shape index (κ1) is 26.4. The van der Waals surface area contributed by atoms with Crippen LogP contribution in [0.1, 0.15) is 49.4 Å². The Bertz CT molecular complexity index is 1210. The number of carboxylic acids is 1. The fraction of sp³-hybridized carbons (Fsp3) is 0.286. The van der Waals surface area contributed by atoms with E-state index < -0.39 is 14.0 Å². The van der Waals surface area contributed by atoms with Gasteiger partial charge in [-0.15, -0.1) is 4.52 Å². The van der Waals surface area contributed by atoms with Crippen molar-refractivity contribution in [2.45, 2.75) is 39.5 Å². The zero-order valence-corrected chi connectivity index (χ0v) is 21.1. The first-order valence-electron chi connectivity index (χ1n) is 11.6. The van der Waals surface area contributed by atoms with Crippen LogP contribution in [0.15, 0.2) is 60.7 Å². The lowest BCUT2D eigenvalue weighted by Crippen LogP contribution is -2.05. The molecule has 7 heteroatoms. The van der Waals surface area contributed by atoms with Gasteiger partial charge in [-0.25, -0.2) is 4.39 Å². The normalized spacial score (nSPS) is 11.9. The fourth-order valence-electron chi connectivity index (χ4n) is 3.90. The highest BCUT2D eigenvalue weighted by atomic mass is 31.1. The minimum atomic E-state index is -1.93. The van der Waals surface area contributed by atoms with Gasteiger partial charge in [0.25, 0.3) is 0 Å². The quantitative estimate of drug-likeness (QED) is 0.277. The van der Waals surface area contributed by atoms with Crippen molar-refractivity contribution in [1.29, 1.82) is 0 Å². The van der Waals surface area contributed by atoms with E-state index in [0.29, 0.717) is 6.42 Å². The van der Waals surface area contributed by atoms with Gasteiger partial charge in [-0.1, -0.05) is 68.5 Å². The molecular formula is C28H30FNO4P+. The number of rotatable bonds is 11. The average Bonchev–Trinajstić information content (AvgIpc) is 2.83. The van der Waals surface area contributed by atoms with Crippen molar-refractivity contribution >= 4 is 20.1 Å². The van der Waals surface area contributed by atoms with Crippen molar-refractivity contribution in [1.82, 2.24) is 4.98 Å². The summed E-state index contributed by atoms with van der Waals surface area (Å²) in [5.74, 6) is -1.10. The molecule has 1 N–H and O–H groups in total. The molecule has 2 aromatic carbocycles. The lowest BCUT2D eigenvalue weighted by Gasteiger charge is -2.20. The van der Waals surface area contributed by atoms with Crippen molar-refractivity contribution in [2.75, 3.05) is 12.8 Å². The third-order valence-corrected chi connectivity index (χ3v) is 6.68. The first-order valence-corrected chi connectivity index (χ1v) is 13.0. The van der Waals surface area contributed by atoms with Gasteiger partial charge in [-0.3, -0.25) is 9.78 Å². The maximum Gasteiger partial charge on any atom is 0.508 e. The molecule has 0 aliphatic carbocycles. The van der Waals surface area contributed by atoms with Gasteiger partial charge < -0.3 is 5.11 Å².